The van der Waals surface area contributed by atoms with Crippen LogP contribution in [0.2, 0.25) is 0 Å². The number of likely N-dealkylation sites (tertiary alicyclic amines) is 1. The molecule has 0 bridgehead atoms. The van der Waals surface area contributed by atoms with Crippen LogP contribution in [-0.4, -0.2) is 36.8 Å². The van der Waals surface area contributed by atoms with Gasteiger partial charge in [-0.25, -0.2) is 0 Å². The lowest BCUT2D eigenvalue weighted by molar-refractivity contribution is 0.198. The molecule has 3 heteroatoms. The van der Waals surface area contributed by atoms with E-state index in [1.807, 2.05) is 11.8 Å². The van der Waals surface area contributed by atoms with E-state index in [4.69, 9.17) is 0 Å². The maximum atomic E-state index is 3.78. The van der Waals surface area contributed by atoms with Crippen molar-refractivity contribution < 1.29 is 0 Å². The van der Waals surface area contributed by atoms with Crippen LogP contribution in [0.1, 0.15) is 37.8 Å². The van der Waals surface area contributed by atoms with Gasteiger partial charge in [0.25, 0.3) is 0 Å². The molecule has 20 heavy (non-hydrogen) atoms. The van der Waals surface area contributed by atoms with Crippen LogP contribution in [0.3, 0.4) is 0 Å². The number of rotatable bonds is 5. The second-order valence-electron chi connectivity index (χ2n) is 6.28. The van der Waals surface area contributed by atoms with Crippen molar-refractivity contribution in [3.63, 3.8) is 0 Å². The van der Waals surface area contributed by atoms with Crippen LogP contribution in [0.25, 0.3) is 0 Å². The van der Waals surface area contributed by atoms with Gasteiger partial charge < -0.3 is 10.2 Å². The van der Waals surface area contributed by atoms with Crippen molar-refractivity contribution in [2.75, 3.05) is 31.9 Å². The van der Waals surface area contributed by atoms with Crippen molar-refractivity contribution in [3.8, 4) is 0 Å². The van der Waals surface area contributed by atoms with E-state index in [0.29, 0.717) is 6.04 Å². The van der Waals surface area contributed by atoms with Crippen molar-refractivity contribution in [2.45, 2.75) is 37.1 Å². The summed E-state index contributed by atoms with van der Waals surface area (Å²) in [6, 6.07) is 9.39. The largest absolute Gasteiger partial charge is 0.309 e. The maximum Gasteiger partial charge on any atom is 0.0426 e. The van der Waals surface area contributed by atoms with Gasteiger partial charge in [-0.2, -0.15) is 0 Å². The molecule has 2 atom stereocenters. The Morgan fingerprint density at radius 1 is 1.25 bits per heavy atom. The lowest BCUT2D eigenvalue weighted by Gasteiger charge is -2.29. The molecule has 0 saturated carbocycles. The summed E-state index contributed by atoms with van der Waals surface area (Å²) in [5.74, 6) is 1.93. The Morgan fingerprint density at radius 3 is 2.90 bits per heavy atom. The van der Waals surface area contributed by atoms with E-state index in [1.54, 1.807) is 0 Å². The van der Waals surface area contributed by atoms with Gasteiger partial charge in [-0.1, -0.05) is 31.5 Å². The number of thioether (sulfide) groups is 1. The minimum Gasteiger partial charge on any atom is -0.309 e. The zero-order valence-electron chi connectivity index (χ0n) is 12.5. The Hall–Kier alpha value is -0.510. The number of piperidine rings is 1. The van der Waals surface area contributed by atoms with E-state index >= 15 is 0 Å². The van der Waals surface area contributed by atoms with Crippen LogP contribution in [0.4, 0.5) is 0 Å². The predicted molar refractivity (Wildman–Crippen MR) is 87.4 cm³/mol. The molecule has 0 aliphatic carbocycles. The van der Waals surface area contributed by atoms with Crippen molar-refractivity contribution in [1.29, 1.82) is 0 Å². The zero-order chi connectivity index (χ0) is 13.8. The van der Waals surface area contributed by atoms with Crippen molar-refractivity contribution >= 4 is 11.8 Å². The minimum absolute atomic E-state index is 0.556. The number of fused-ring (bicyclic) bond motifs is 1. The molecule has 2 nitrogen and oxygen atoms in total. The van der Waals surface area contributed by atoms with Gasteiger partial charge >= 0.3 is 0 Å². The topological polar surface area (TPSA) is 15.3 Å². The highest BCUT2D eigenvalue weighted by molar-refractivity contribution is 7.99. The molecular formula is C17H26N2S. The second-order valence-corrected chi connectivity index (χ2v) is 7.34. The third kappa shape index (κ3) is 3.57. The Kier molecular flexibility index (Phi) is 5.03. The second kappa shape index (κ2) is 6.97. The summed E-state index contributed by atoms with van der Waals surface area (Å²) in [6.07, 6.45) is 4.22. The molecule has 0 spiro atoms. The van der Waals surface area contributed by atoms with Gasteiger partial charge in [-0.05, 0) is 50.0 Å². The fourth-order valence-corrected chi connectivity index (χ4v) is 4.52. The smallest absolute Gasteiger partial charge is 0.0426 e. The molecule has 1 N–H and O–H groups in total. The standard InChI is InChI=1S/C17H26N2S/c1-14(12-19-9-5-2-6-10-19)11-18-16-13-20-17-8-4-3-7-15(16)17/h3-4,7-8,14,16,18H,2,5-6,9-13H2,1H3. The average Bonchev–Trinajstić information content (AvgIpc) is 2.89. The Morgan fingerprint density at radius 2 is 2.05 bits per heavy atom. The molecule has 3 rings (SSSR count). The van der Waals surface area contributed by atoms with Gasteiger partial charge in [0.1, 0.15) is 0 Å². The summed E-state index contributed by atoms with van der Waals surface area (Å²) in [7, 11) is 0. The van der Waals surface area contributed by atoms with Gasteiger partial charge in [0, 0.05) is 23.2 Å². The van der Waals surface area contributed by atoms with Crippen LogP contribution in [0, 0.1) is 5.92 Å². The van der Waals surface area contributed by atoms with E-state index in [9.17, 15) is 0 Å². The number of nitrogens with one attached hydrogen (secondary N) is 1. The SMILES string of the molecule is CC(CNC1CSc2ccccc21)CN1CCCCC1. The summed E-state index contributed by atoms with van der Waals surface area (Å²) in [5.41, 5.74) is 1.50. The molecule has 0 aromatic heterocycles. The van der Waals surface area contributed by atoms with Crippen LogP contribution >= 0.6 is 11.8 Å². The first kappa shape index (κ1) is 14.4. The molecule has 2 aliphatic heterocycles. The van der Waals surface area contributed by atoms with Gasteiger partial charge in [0.15, 0.2) is 0 Å². The van der Waals surface area contributed by atoms with E-state index in [0.717, 1.165) is 12.5 Å². The number of hydrogen-bond acceptors (Lipinski definition) is 3. The lowest BCUT2D eigenvalue weighted by Crippen LogP contribution is -2.37. The van der Waals surface area contributed by atoms with Gasteiger partial charge in [0.05, 0.1) is 0 Å². The highest BCUT2D eigenvalue weighted by Crippen LogP contribution is 2.37. The highest BCUT2D eigenvalue weighted by atomic mass is 32.2. The fraction of sp³-hybridized carbons (Fsp3) is 0.647. The van der Waals surface area contributed by atoms with E-state index in [-0.39, 0.29) is 0 Å². The summed E-state index contributed by atoms with van der Waals surface area (Å²) in [5, 5.41) is 3.78. The molecule has 110 valence electrons. The zero-order valence-corrected chi connectivity index (χ0v) is 13.3. The molecule has 1 aromatic rings. The molecule has 1 aromatic carbocycles. The average molecular weight is 290 g/mol. The minimum atomic E-state index is 0.556. The number of nitrogens with zero attached hydrogens (tertiary/aromatic N) is 1. The van der Waals surface area contributed by atoms with Crippen LogP contribution in [-0.2, 0) is 0 Å². The Balaban J connectivity index is 1.45. The monoisotopic (exact) mass is 290 g/mol. The van der Waals surface area contributed by atoms with E-state index < -0.39 is 0 Å². The normalized spacial score (nSPS) is 24.6. The third-order valence-electron chi connectivity index (χ3n) is 4.43. The first-order valence-electron chi connectivity index (χ1n) is 8.00. The lowest BCUT2D eigenvalue weighted by atomic mass is 10.1. The summed E-state index contributed by atoms with van der Waals surface area (Å²) in [4.78, 5) is 4.11. The summed E-state index contributed by atoms with van der Waals surface area (Å²) >= 11 is 1.99. The first-order valence-corrected chi connectivity index (χ1v) is 8.99. The summed E-state index contributed by atoms with van der Waals surface area (Å²) < 4.78 is 0. The van der Waals surface area contributed by atoms with Crippen LogP contribution in [0.5, 0.6) is 0 Å². The Bertz CT molecular complexity index is 429. The van der Waals surface area contributed by atoms with Crippen LogP contribution in [0.15, 0.2) is 29.2 Å². The van der Waals surface area contributed by atoms with Crippen molar-refractivity contribution in [1.82, 2.24) is 10.2 Å². The van der Waals surface area contributed by atoms with E-state index in [2.05, 4.69) is 41.4 Å². The number of benzene rings is 1. The Labute approximate surface area is 127 Å². The molecule has 1 fully saturated rings. The van der Waals surface area contributed by atoms with Crippen molar-refractivity contribution in [2.24, 2.45) is 5.92 Å². The van der Waals surface area contributed by atoms with Crippen LogP contribution < -0.4 is 5.32 Å². The van der Waals surface area contributed by atoms with Gasteiger partial charge in [-0.3, -0.25) is 0 Å². The maximum absolute atomic E-state index is 3.78. The van der Waals surface area contributed by atoms with Crippen molar-refractivity contribution in [3.05, 3.63) is 29.8 Å². The highest BCUT2D eigenvalue weighted by Gasteiger charge is 2.22. The molecule has 2 unspecified atom stereocenters. The van der Waals surface area contributed by atoms with E-state index in [1.165, 1.54) is 55.1 Å². The fourth-order valence-electron chi connectivity index (χ4n) is 3.32. The molecule has 0 radical (unpaired) electrons. The first-order chi connectivity index (χ1) is 9.83. The third-order valence-corrected chi connectivity index (χ3v) is 5.61. The molecule has 0 amide bonds. The number of hydrogen-bond donors (Lipinski definition) is 1. The molecular weight excluding hydrogens is 264 g/mol. The molecule has 1 saturated heterocycles. The van der Waals surface area contributed by atoms with Gasteiger partial charge in [-0.15, -0.1) is 11.8 Å². The van der Waals surface area contributed by atoms with Gasteiger partial charge in [0.2, 0.25) is 0 Å². The summed E-state index contributed by atoms with van der Waals surface area (Å²) in [6.45, 7) is 7.40. The molecule has 2 aliphatic rings. The molecule has 2 heterocycles. The quantitative estimate of drug-likeness (QED) is 0.893. The predicted octanol–water partition coefficient (Wildman–Crippen LogP) is 3.55.